The molecule has 0 spiro atoms. The van der Waals surface area contributed by atoms with E-state index in [1.807, 2.05) is 26.0 Å². The third-order valence-corrected chi connectivity index (χ3v) is 3.01. The summed E-state index contributed by atoms with van der Waals surface area (Å²) in [5.74, 6) is 0.676. The molecule has 0 aliphatic heterocycles. The molecule has 1 aromatic carbocycles. The van der Waals surface area contributed by atoms with Crippen LogP contribution in [0.25, 0.3) is 11.4 Å². The molecule has 106 valence electrons. The number of carbonyl (C=O) groups excluding carboxylic acids is 1. The van der Waals surface area contributed by atoms with Crippen molar-refractivity contribution in [2.75, 3.05) is 0 Å². The van der Waals surface area contributed by atoms with Crippen molar-refractivity contribution in [3.05, 3.63) is 35.2 Å². The highest BCUT2D eigenvalue weighted by atomic mass is 35.5. The van der Waals surface area contributed by atoms with Gasteiger partial charge in [-0.25, -0.2) is 0 Å². The summed E-state index contributed by atoms with van der Waals surface area (Å²) in [6.45, 7) is 5.45. The van der Waals surface area contributed by atoms with Crippen molar-refractivity contribution >= 4 is 17.5 Å². The normalized spacial score (nSPS) is 12.4. The maximum Gasteiger partial charge on any atom is 0.249 e. The van der Waals surface area contributed by atoms with Crippen molar-refractivity contribution in [2.24, 2.45) is 5.92 Å². The van der Waals surface area contributed by atoms with Crippen molar-refractivity contribution in [1.29, 1.82) is 0 Å². The SMILES string of the molecule is CC(C)C(=O)NC(C)c1nc(-c2cccc(Cl)c2)no1. The predicted octanol–water partition coefficient (Wildman–Crippen LogP) is 3.22. The van der Waals surface area contributed by atoms with E-state index in [1.54, 1.807) is 19.1 Å². The average Bonchev–Trinajstić information content (AvgIpc) is 2.88. The fourth-order valence-corrected chi connectivity index (χ4v) is 1.79. The number of benzene rings is 1. The van der Waals surface area contributed by atoms with Crippen LogP contribution in [0.2, 0.25) is 5.02 Å². The van der Waals surface area contributed by atoms with Crippen LogP contribution >= 0.6 is 11.6 Å². The summed E-state index contributed by atoms with van der Waals surface area (Å²) >= 11 is 5.92. The van der Waals surface area contributed by atoms with Gasteiger partial charge in [-0.15, -0.1) is 0 Å². The Balaban J connectivity index is 2.14. The van der Waals surface area contributed by atoms with E-state index in [-0.39, 0.29) is 17.9 Å². The molecule has 1 atom stereocenters. The van der Waals surface area contributed by atoms with Gasteiger partial charge < -0.3 is 9.84 Å². The average molecular weight is 294 g/mol. The topological polar surface area (TPSA) is 68.0 Å². The fraction of sp³-hybridized carbons (Fsp3) is 0.357. The lowest BCUT2D eigenvalue weighted by Gasteiger charge is -2.11. The Morgan fingerprint density at radius 1 is 1.35 bits per heavy atom. The first-order valence-electron chi connectivity index (χ1n) is 6.37. The molecule has 5 nitrogen and oxygen atoms in total. The number of amides is 1. The third kappa shape index (κ3) is 3.36. The Bertz CT molecular complexity index is 610. The van der Waals surface area contributed by atoms with Crippen molar-refractivity contribution in [2.45, 2.75) is 26.8 Å². The van der Waals surface area contributed by atoms with Crippen LogP contribution < -0.4 is 5.32 Å². The van der Waals surface area contributed by atoms with E-state index < -0.39 is 0 Å². The number of nitrogens with zero attached hydrogens (tertiary/aromatic N) is 2. The van der Waals surface area contributed by atoms with Gasteiger partial charge in [0.05, 0.1) is 0 Å². The summed E-state index contributed by atoms with van der Waals surface area (Å²) in [6, 6.07) is 6.87. The number of halogens is 1. The van der Waals surface area contributed by atoms with Gasteiger partial charge in [-0.3, -0.25) is 4.79 Å². The molecule has 0 saturated carbocycles. The third-order valence-electron chi connectivity index (χ3n) is 2.78. The van der Waals surface area contributed by atoms with Gasteiger partial charge in [0, 0.05) is 16.5 Å². The Labute approximate surface area is 122 Å². The van der Waals surface area contributed by atoms with Gasteiger partial charge >= 0.3 is 0 Å². The van der Waals surface area contributed by atoms with Gasteiger partial charge in [-0.05, 0) is 19.1 Å². The maximum atomic E-state index is 11.6. The van der Waals surface area contributed by atoms with Crippen LogP contribution in [0.1, 0.15) is 32.7 Å². The molecule has 0 aliphatic carbocycles. The highest BCUT2D eigenvalue weighted by molar-refractivity contribution is 6.30. The predicted molar refractivity (Wildman–Crippen MR) is 76.1 cm³/mol. The minimum Gasteiger partial charge on any atom is -0.344 e. The smallest absolute Gasteiger partial charge is 0.249 e. The van der Waals surface area contributed by atoms with E-state index in [9.17, 15) is 4.79 Å². The lowest BCUT2D eigenvalue weighted by molar-refractivity contribution is -0.124. The molecule has 0 aliphatic rings. The molecule has 1 N–H and O–H groups in total. The van der Waals surface area contributed by atoms with Crippen LogP contribution in [-0.2, 0) is 4.79 Å². The molecule has 0 bridgehead atoms. The molecule has 0 fully saturated rings. The van der Waals surface area contributed by atoms with Gasteiger partial charge in [-0.1, -0.05) is 42.7 Å². The number of aromatic nitrogens is 2. The molecule has 1 unspecified atom stereocenters. The van der Waals surface area contributed by atoms with E-state index in [0.717, 1.165) is 5.56 Å². The standard InChI is InChI=1S/C14H16ClN3O2/c1-8(2)13(19)16-9(3)14-17-12(18-20-14)10-5-4-6-11(15)7-10/h4-9H,1-3H3,(H,16,19). The fourth-order valence-electron chi connectivity index (χ4n) is 1.60. The Morgan fingerprint density at radius 2 is 2.10 bits per heavy atom. The van der Waals surface area contributed by atoms with Gasteiger partial charge in [0.25, 0.3) is 0 Å². The second-order valence-electron chi connectivity index (χ2n) is 4.85. The van der Waals surface area contributed by atoms with Gasteiger partial charge in [0.1, 0.15) is 6.04 Å². The summed E-state index contributed by atoms with van der Waals surface area (Å²) in [4.78, 5) is 15.9. The van der Waals surface area contributed by atoms with Gasteiger partial charge in [-0.2, -0.15) is 4.98 Å². The van der Waals surface area contributed by atoms with E-state index in [4.69, 9.17) is 16.1 Å². The first kappa shape index (κ1) is 14.5. The summed E-state index contributed by atoms with van der Waals surface area (Å²) < 4.78 is 5.18. The monoisotopic (exact) mass is 293 g/mol. The molecule has 20 heavy (non-hydrogen) atoms. The molecule has 2 aromatic rings. The molecule has 6 heteroatoms. The maximum absolute atomic E-state index is 11.6. The van der Waals surface area contributed by atoms with Crippen molar-refractivity contribution in [1.82, 2.24) is 15.5 Å². The lowest BCUT2D eigenvalue weighted by atomic mass is 10.2. The number of carbonyl (C=O) groups is 1. The van der Waals surface area contributed by atoms with Crippen molar-refractivity contribution < 1.29 is 9.32 Å². The Kier molecular flexibility index (Phi) is 4.39. The number of nitrogens with one attached hydrogen (secondary N) is 1. The van der Waals surface area contributed by atoms with Crippen LogP contribution in [0.4, 0.5) is 0 Å². The quantitative estimate of drug-likeness (QED) is 0.940. The summed E-state index contributed by atoms with van der Waals surface area (Å²) in [7, 11) is 0. The van der Waals surface area contributed by atoms with Crippen LogP contribution in [0, 0.1) is 5.92 Å². The molecule has 0 radical (unpaired) electrons. The highest BCUT2D eigenvalue weighted by Crippen LogP contribution is 2.21. The molecule has 1 amide bonds. The van der Waals surface area contributed by atoms with Gasteiger partial charge in [0.2, 0.25) is 17.6 Å². The zero-order valence-corrected chi connectivity index (χ0v) is 12.3. The summed E-state index contributed by atoms with van der Waals surface area (Å²) in [5, 5.41) is 7.32. The summed E-state index contributed by atoms with van der Waals surface area (Å²) in [5.41, 5.74) is 0.773. The first-order valence-corrected chi connectivity index (χ1v) is 6.75. The van der Waals surface area contributed by atoms with Gasteiger partial charge in [0.15, 0.2) is 0 Å². The van der Waals surface area contributed by atoms with E-state index >= 15 is 0 Å². The van der Waals surface area contributed by atoms with Crippen molar-refractivity contribution in [3.8, 4) is 11.4 Å². The minimum absolute atomic E-state index is 0.0556. The second-order valence-corrected chi connectivity index (χ2v) is 5.29. The minimum atomic E-state index is -0.328. The van der Waals surface area contributed by atoms with E-state index in [2.05, 4.69) is 15.5 Å². The summed E-state index contributed by atoms with van der Waals surface area (Å²) in [6.07, 6.45) is 0. The zero-order valence-electron chi connectivity index (χ0n) is 11.6. The molecular weight excluding hydrogens is 278 g/mol. The van der Waals surface area contributed by atoms with Crippen LogP contribution in [-0.4, -0.2) is 16.0 Å². The molecular formula is C14H16ClN3O2. The largest absolute Gasteiger partial charge is 0.344 e. The Morgan fingerprint density at radius 3 is 2.75 bits per heavy atom. The Hall–Kier alpha value is -1.88. The molecule has 2 rings (SSSR count). The lowest BCUT2D eigenvalue weighted by Crippen LogP contribution is -2.30. The van der Waals surface area contributed by atoms with Crippen LogP contribution in [0.3, 0.4) is 0 Å². The number of hydrogen-bond acceptors (Lipinski definition) is 4. The van der Waals surface area contributed by atoms with Crippen LogP contribution in [0.5, 0.6) is 0 Å². The van der Waals surface area contributed by atoms with E-state index in [0.29, 0.717) is 16.7 Å². The second kappa shape index (κ2) is 6.05. The number of rotatable bonds is 4. The molecule has 1 heterocycles. The molecule has 0 saturated heterocycles. The van der Waals surface area contributed by atoms with E-state index in [1.165, 1.54) is 0 Å². The number of hydrogen-bond donors (Lipinski definition) is 1. The molecule has 1 aromatic heterocycles. The van der Waals surface area contributed by atoms with Crippen LogP contribution in [0.15, 0.2) is 28.8 Å². The van der Waals surface area contributed by atoms with Crippen molar-refractivity contribution in [3.63, 3.8) is 0 Å². The zero-order chi connectivity index (χ0) is 14.7. The first-order chi connectivity index (χ1) is 9.47. The highest BCUT2D eigenvalue weighted by Gasteiger charge is 2.18.